The van der Waals surface area contributed by atoms with Gasteiger partial charge in [-0.3, -0.25) is 4.79 Å². The van der Waals surface area contributed by atoms with Crippen LogP contribution in [-0.2, 0) is 9.53 Å². The molecule has 0 fully saturated rings. The van der Waals surface area contributed by atoms with E-state index in [1.54, 1.807) is 49.6 Å². The summed E-state index contributed by atoms with van der Waals surface area (Å²) in [7, 11) is 3.01. The number of ketones is 1. The minimum Gasteiger partial charge on any atom is -0.497 e. The smallest absolute Gasteiger partial charge is 0.195 e. The molecule has 1 N–H and O–H groups in total. The summed E-state index contributed by atoms with van der Waals surface area (Å²) in [6.45, 7) is 0.254. The molecular formula is C18H18ClNO4. The van der Waals surface area contributed by atoms with Crippen molar-refractivity contribution in [2.75, 3.05) is 26.1 Å². The Morgan fingerprint density at radius 3 is 2.50 bits per heavy atom. The molecule has 0 aliphatic rings. The van der Waals surface area contributed by atoms with Crippen molar-refractivity contribution in [1.82, 2.24) is 0 Å². The van der Waals surface area contributed by atoms with Crippen molar-refractivity contribution in [1.29, 1.82) is 0 Å². The Balaban J connectivity index is 2.28. The van der Waals surface area contributed by atoms with Crippen molar-refractivity contribution < 1.29 is 19.1 Å². The highest BCUT2D eigenvalue weighted by molar-refractivity contribution is 6.31. The van der Waals surface area contributed by atoms with E-state index >= 15 is 0 Å². The third-order valence-corrected chi connectivity index (χ3v) is 3.76. The van der Waals surface area contributed by atoms with Crippen LogP contribution in [0.4, 0.5) is 5.69 Å². The van der Waals surface area contributed by atoms with Gasteiger partial charge >= 0.3 is 0 Å². The first kappa shape index (κ1) is 18.0. The maximum atomic E-state index is 12.8. The molecular weight excluding hydrogens is 330 g/mol. The Morgan fingerprint density at radius 2 is 1.92 bits per heavy atom. The van der Waals surface area contributed by atoms with Gasteiger partial charge in [-0.1, -0.05) is 11.6 Å². The molecule has 0 bridgehead atoms. The van der Waals surface area contributed by atoms with Gasteiger partial charge in [0.1, 0.15) is 11.9 Å². The topological polar surface area (TPSA) is 64.6 Å². The fraction of sp³-hybridized carbons (Fsp3) is 0.222. The van der Waals surface area contributed by atoms with Crippen molar-refractivity contribution >= 4 is 29.4 Å². The predicted molar refractivity (Wildman–Crippen MR) is 93.2 cm³/mol. The summed E-state index contributed by atoms with van der Waals surface area (Å²) in [5.41, 5.74) is 1.53. The van der Waals surface area contributed by atoms with Gasteiger partial charge in [-0.15, -0.1) is 0 Å². The summed E-state index contributed by atoms with van der Waals surface area (Å²) >= 11 is 6.03. The van der Waals surface area contributed by atoms with Gasteiger partial charge < -0.3 is 19.6 Å². The quantitative estimate of drug-likeness (QED) is 0.587. The molecule has 2 aromatic rings. The van der Waals surface area contributed by atoms with E-state index in [4.69, 9.17) is 21.1 Å². The number of methoxy groups -OCH3 is 2. The zero-order valence-electron chi connectivity index (χ0n) is 13.4. The molecule has 0 spiro atoms. The van der Waals surface area contributed by atoms with Crippen molar-refractivity contribution in [2.45, 2.75) is 6.10 Å². The van der Waals surface area contributed by atoms with Crippen molar-refractivity contribution in [3.8, 4) is 5.75 Å². The third-order valence-electron chi connectivity index (χ3n) is 3.53. The molecule has 0 aromatic heterocycles. The highest BCUT2D eigenvalue weighted by Gasteiger charge is 2.16. The van der Waals surface area contributed by atoms with E-state index < -0.39 is 6.10 Å². The van der Waals surface area contributed by atoms with Crippen LogP contribution in [0.15, 0.2) is 42.5 Å². The average Bonchev–Trinajstić information content (AvgIpc) is 2.63. The highest BCUT2D eigenvalue weighted by Crippen LogP contribution is 2.24. The summed E-state index contributed by atoms with van der Waals surface area (Å²) in [5.74, 6) is 0.493. The molecule has 24 heavy (non-hydrogen) atoms. The monoisotopic (exact) mass is 347 g/mol. The standard InChI is InChI=1S/C18H18ClNO4/c1-23-14-6-3-12(4-7-14)18(22)16-9-13(19)5-8-17(16)20-10-15(11-21)24-2/h3-9,11,15,20H,10H2,1-2H3. The van der Waals surface area contributed by atoms with Gasteiger partial charge in [-0.2, -0.15) is 0 Å². The van der Waals surface area contributed by atoms with Gasteiger partial charge in [-0.25, -0.2) is 0 Å². The first-order chi connectivity index (χ1) is 11.6. The molecule has 126 valence electrons. The first-order valence-corrected chi connectivity index (χ1v) is 7.67. The molecule has 6 heteroatoms. The maximum Gasteiger partial charge on any atom is 0.195 e. The molecule has 1 atom stereocenters. The molecule has 0 heterocycles. The van der Waals surface area contributed by atoms with E-state index in [0.717, 1.165) is 0 Å². The molecule has 2 aromatic carbocycles. The van der Waals surface area contributed by atoms with Gasteiger partial charge in [-0.05, 0) is 42.5 Å². The zero-order valence-corrected chi connectivity index (χ0v) is 14.2. The van der Waals surface area contributed by atoms with E-state index in [0.29, 0.717) is 33.9 Å². The van der Waals surface area contributed by atoms with Crippen LogP contribution in [0.3, 0.4) is 0 Å². The Morgan fingerprint density at radius 1 is 1.21 bits per heavy atom. The lowest BCUT2D eigenvalue weighted by molar-refractivity contribution is -0.115. The van der Waals surface area contributed by atoms with E-state index in [9.17, 15) is 9.59 Å². The number of hydrogen-bond donors (Lipinski definition) is 1. The molecule has 1 unspecified atom stereocenters. The number of aldehydes is 1. The number of benzene rings is 2. The van der Waals surface area contributed by atoms with Crippen LogP contribution in [0.1, 0.15) is 15.9 Å². The maximum absolute atomic E-state index is 12.8. The molecule has 0 saturated heterocycles. The molecule has 5 nitrogen and oxygen atoms in total. The summed E-state index contributed by atoms with van der Waals surface area (Å²) in [5, 5.41) is 3.51. The molecule has 0 radical (unpaired) electrons. The lowest BCUT2D eigenvalue weighted by Crippen LogP contribution is -2.24. The summed E-state index contributed by atoms with van der Waals surface area (Å²) < 4.78 is 10.1. The summed E-state index contributed by atoms with van der Waals surface area (Å²) in [6.07, 6.45) is 0.109. The van der Waals surface area contributed by atoms with Gasteiger partial charge in [0.05, 0.1) is 7.11 Å². The van der Waals surface area contributed by atoms with Gasteiger partial charge in [0.2, 0.25) is 0 Å². The Bertz CT molecular complexity index is 715. The number of hydrogen-bond acceptors (Lipinski definition) is 5. The number of carbonyl (C=O) groups excluding carboxylic acids is 2. The van der Waals surface area contributed by atoms with Crippen LogP contribution in [0.25, 0.3) is 0 Å². The number of halogens is 1. The van der Waals surface area contributed by atoms with Crippen LogP contribution in [0.2, 0.25) is 5.02 Å². The summed E-state index contributed by atoms with van der Waals surface area (Å²) in [4.78, 5) is 23.6. The molecule has 0 aliphatic heterocycles. The van der Waals surface area contributed by atoms with Crippen molar-refractivity contribution in [3.05, 3.63) is 58.6 Å². The van der Waals surface area contributed by atoms with Gasteiger partial charge in [0, 0.05) is 35.5 Å². The second-order valence-electron chi connectivity index (χ2n) is 5.04. The van der Waals surface area contributed by atoms with Crippen molar-refractivity contribution in [3.63, 3.8) is 0 Å². The predicted octanol–water partition coefficient (Wildman–Crippen LogP) is 3.21. The number of ether oxygens (including phenoxy) is 2. The molecule has 2 rings (SSSR count). The lowest BCUT2D eigenvalue weighted by Gasteiger charge is -2.14. The largest absolute Gasteiger partial charge is 0.497 e. The second-order valence-corrected chi connectivity index (χ2v) is 5.48. The minimum atomic E-state index is -0.593. The van der Waals surface area contributed by atoms with E-state index in [-0.39, 0.29) is 12.3 Å². The number of nitrogens with one attached hydrogen (secondary N) is 1. The van der Waals surface area contributed by atoms with Crippen LogP contribution in [0, 0.1) is 0 Å². The first-order valence-electron chi connectivity index (χ1n) is 7.29. The van der Waals surface area contributed by atoms with Crippen molar-refractivity contribution in [2.24, 2.45) is 0 Å². The fourth-order valence-electron chi connectivity index (χ4n) is 2.15. The average molecular weight is 348 g/mol. The fourth-order valence-corrected chi connectivity index (χ4v) is 2.33. The van der Waals surface area contributed by atoms with Crippen LogP contribution < -0.4 is 10.1 Å². The Kier molecular flexibility index (Phi) is 6.35. The molecule has 0 saturated carbocycles. The number of carbonyl (C=O) groups is 2. The minimum absolute atomic E-state index is 0.178. The summed E-state index contributed by atoms with van der Waals surface area (Å²) in [6, 6.07) is 11.8. The van der Waals surface area contributed by atoms with E-state index in [2.05, 4.69) is 5.32 Å². The van der Waals surface area contributed by atoms with Gasteiger partial charge in [0.25, 0.3) is 0 Å². The highest BCUT2D eigenvalue weighted by atomic mass is 35.5. The van der Waals surface area contributed by atoms with Gasteiger partial charge in [0.15, 0.2) is 12.1 Å². The number of rotatable bonds is 8. The Hall–Kier alpha value is -2.37. The van der Waals surface area contributed by atoms with E-state index in [1.807, 2.05) is 0 Å². The van der Waals surface area contributed by atoms with E-state index in [1.165, 1.54) is 7.11 Å². The zero-order chi connectivity index (χ0) is 17.5. The Labute approximate surface area is 145 Å². The molecule has 0 aliphatic carbocycles. The molecule has 0 amide bonds. The lowest BCUT2D eigenvalue weighted by atomic mass is 10.0. The van der Waals surface area contributed by atoms with Crippen LogP contribution >= 0.6 is 11.6 Å². The number of anilines is 1. The SMILES string of the molecule is COc1ccc(C(=O)c2cc(Cl)ccc2NCC(C=O)OC)cc1. The second kappa shape index (κ2) is 8.47. The third kappa shape index (κ3) is 4.34. The normalized spacial score (nSPS) is 11.6. The van der Waals surface area contributed by atoms with Crippen LogP contribution in [0.5, 0.6) is 5.75 Å². The van der Waals surface area contributed by atoms with Crippen LogP contribution in [-0.4, -0.2) is 38.9 Å².